The quantitative estimate of drug-likeness (QED) is 0.570. The molecule has 0 spiro atoms. The van der Waals surface area contributed by atoms with Crippen molar-refractivity contribution in [3.05, 3.63) is 59.7 Å². The van der Waals surface area contributed by atoms with Gasteiger partial charge in [0.25, 0.3) is 0 Å². The van der Waals surface area contributed by atoms with Gasteiger partial charge in [-0.05, 0) is 42.7 Å². The molecule has 2 aromatic carbocycles. The Balaban J connectivity index is 1.64. The maximum Gasteiger partial charge on any atom is 0.225 e. The first-order valence-corrected chi connectivity index (χ1v) is 10.1. The Kier molecular flexibility index (Phi) is 6.35. The summed E-state index contributed by atoms with van der Waals surface area (Å²) >= 11 is 1.59. The molecular formula is C22H24N2O2S. The van der Waals surface area contributed by atoms with Gasteiger partial charge in [0.05, 0.1) is 12.1 Å². The van der Waals surface area contributed by atoms with Crippen molar-refractivity contribution in [2.75, 3.05) is 18.2 Å². The predicted molar refractivity (Wildman–Crippen MR) is 113 cm³/mol. The third-order valence-electron chi connectivity index (χ3n) is 4.46. The third kappa shape index (κ3) is 4.61. The van der Waals surface area contributed by atoms with Crippen molar-refractivity contribution in [3.63, 3.8) is 0 Å². The van der Waals surface area contributed by atoms with Crippen LogP contribution in [0.2, 0.25) is 0 Å². The van der Waals surface area contributed by atoms with E-state index >= 15 is 0 Å². The Bertz CT molecular complexity index is 956. The van der Waals surface area contributed by atoms with Crippen molar-refractivity contribution in [1.29, 1.82) is 0 Å². The maximum atomic E-state index is 12.3. The fourth-order valence-electron chi connectivity index (χ4n) is 3.01. The van der Waals surface area contributed by atoms with Crippen LogP contribution in [0.15, 0.2) is 53.6 Å². The van der Waals surface area contributed by atoms with E-state index in [1.165, 1.54) is 0 Å². The minimum absolute atomic E-state index is 0.0264. The van der Waals surface area contributed by atoms with Gasteiger partial charge in [-0.3, -0.25) is 4.79 Å². The predicted octanol–water partition coefficient (Wildman–Crippen LogP) is 5.24. The Morgan fingerprint density at radius 1 is 1.19 bits per heavy atom. The topological polar surface area (TPSA) is 51.2 Å². The van der Waals surface area contributed by atoms with Crippen molar-refractivity contribution in [1.82, 2.24) is 4.98 Å². The minimum atomic E-state index is 0.0264. The molecule has 0 saturated heterocycles. The van der Waals surface area contributed by atoms with Gasteiger partial charge in [0.1, 0.15) is 11.3 Å². The number of hydrogen-bond donors (Lipinski definition) is 1. The molecule has 1 N–H and O–H groups in total. The molecule has 0 radical (unpaired) electrons. The summed E-state index contributed by atoms with van der Waals surface area (Å²) in [5, 5.41) is 5.01. The van der Waals surface area contributed by atoms with Crippen LogP contribution in [0, 0.1) is 6.92 Å². The molecule has 3 aromatic rings. The van der Waals surface area contributed by atoms with Crippen LogP contribution in [0.3, 0.4) is 0 Å². The molecule has 0 aliphatic carbocycles. The highest BCUT2D eigenvalue weighted by molar-refractivity contribution is 7.99. The first kappa shape index (κ1) is 19.2. The molecule has 0 atom stereocenters. The van der Waals surface area contributed by atoms with Gasteiger partial charge < -0.3 is 10.1 Å². The number of methoxy groups -OCH3 is 1. The van der Waals surface area contributed by atoms with E-state index in [1.54, 1.807) is 18.9 Å². The molecule has 3 rings (SSSR count). The first-order valence-electron chi connectivity index (χ1n) is 9.07. The first-order chi connectivity index (χ1) is 13.1. The Labute approximate surface area is 164 Å². The molecule has 0 fully saturated rings. The molecule has 0 bridgehead atoms. The lowest BCUT2D eigenvalue weighted by Crippen LogP contribution is -2.13. The summed E-state index contributed by atoms with van der Waals surface area (Å²) in [6, 6.07) is 15.9. The average Bonchev–Trinajstić information content (AvgIpc) is 2.68. The normalized spacial score (nSPS) is 10.8. The zero-order valence-corrected chi connectivity index (χ0v) is 16.7. The Hall–Kier alpha value is -2.53. The Morgan fingerprint density at radius 2 is 2.00 bits per heavy atom. The smallest absolute Gasteiger partial charge is 0.225 e. The zero-order valence-electron chi connectivity index (χ0n) is 15.9. The van der Waals surface area contributed by atoms with Crippen LogP contribution < -0.4 is 10.1 Å². The SMILES string of the molecule is CCc1ccccc1NC(=O)CCSc1cc(C)c2cccc(OC)c2n1. The molecule has 0 aliphatic heterocycles. The molecule has 0 aliphatic rings. The van der Waals surface area contributed by atoms with E-state index in [9.17, 15) is 4.79 Å². The number of aryl methyl sites for hydroxylation is 2. The number of aromatic nitrogens is 1. The van der Waals surface area contributed by atoms with Gasteiger partial charge in [-0.15, -0.1) is 11.8 Å². The van der Waals surface area contributed by atoms with Crippen LogP contribution in [0.5, 0.6) is 5.75 Å². The van der Waals surface area contributed by atoms with Gasteiger partial charge in [0.2, 0.25) is 5.91 Å². The summed E-state index contributed by atoms with van der Waals surface area (Å²) in [6.45, 7) is 4.16. The number of carbonyl (C=O) groups excluding carboxylic acids is 1. The lowest BCUT2D eigenvalue weighted by atomic mass is 10.1. The number of carbonyl (C=O) groups is 1. The molecule has 1 amide bonds. The van der Waals surface area contributed by atoms with Crippen molar-refractivity contribution in [2.24, 2.45) is 0 Å². The number of rotatable bonds is 7. The maximum absolute atomic E-state index is 12.3. The highest BCUT2D eigenvalue weighted by Crippen LogP contribution is 2.29. The van der Waals surface area contributed by atoms with Crippen molar-refractivity contribution < 1.29 is 9.53 Å². The molecule has 4 nitrogen and oxygen atoms in total. The summed E-state index contributed by atoms with van der Waals surface area (Å²) in [5.74, 6) is 1.47. The van der Waals surface area contributed by atoms with E-state index < -0.39 is 0 Å². The number of fused-ring (bicyclic) bond motifs is 1. The number of hydrogen-bond acceptors (Lipinski definition) is 4. The van der Waals surface area contributed by atoms with Crippen LogP contribution in [0.4, 0.5) is 5.69 Å². The van der Waals surface area contributed by atoms with Gasteiger partial charge in [-0.1, -0.05) is 37.3 Å². The highest BCUT2D eigenvalue weighted by atomic mass is 32.2. The lowest BCUT2D eigenvalue weighted by molar-refractivity contribution is -0.115. The molecule has 140 valence electrons. The van der Waals surface area contributed by atoms with Crippen LogP contribution in [0.25, 0.3) is 10.9 Å². The number of benzene rings is 2. The zero-order chi connectivity index (χ0) is 19.2. The van der Waals surface area contributed by atoms with E-state index in [2.05, 4.69) is 25.2 Å². The number of ether oxygens (including phenoxy) is 1. The molecule has 5 heteroatoms. The summed E-state index contributed by atoms with van der Waals surface area (Å²) in [5.41, 5.74) is 4.07. The standard InChI is InChI=1S/C22H24N2O2S/c1-4-16-8-5-6-10-18(16)23-20(25)12-13-27-21-14-15(2)17-9-7-11-19(26-3)22(17)24-21/h5-11,14H,4,12-13H2,1-3H3,(H,23,25). The van der Waals surface area contributed by atoms with Gasteiger partial charge in [-0.25, -0.2) is 4.98 Å². The number of thioether (sulfide) groups is 1. The van der Waals surface area contributed by atoms with Crippen molar-refractivity contribution in [2.45, 2.75) is 31.7 Å². The largest absolute Gasteiger partial charge is 0.494 e. The molecule has 27 heavy (non-hydrogen) atoms. The van der Waals surface area contributed by atoms with E-state index in [-0.39, 0.29) is 5.91 Å². The van der Waals surface area contributed by atoms with Crippen molar-refractivity contribution in [3.8, 4) is 5.75 Å². The highest BCUT2D eigenvalue weighted by Gasteiger charge is 2.10. The number of anilines is 1. The second-order valence-electron chi connectivity index (χ2n) is 6.29. The average molecular weight is 381 g/mol. The summed E-state index contributed by atoms with van der Waals surface area (Å²) in [4.78, 5) is 17.0. The number of para-hydroxylation sites is 2. The Morgan fingerprint density at radius 3 is 2.78 bits per heavy atom. The third-order valence-corrected chi connectivity index (χ3v) is 5.37. The van der Waals surface area contributed by atoms with E-state index in [4.69, 9.17) is 9.72 Å². The van der Waals surface area contributed by atoms with Gasteiger partial charge in [-0.2, -0.15) is 0 Å². The monoisotopic (exact) mass is 380 g/mol. The fourth-order valence-corrected chi connectivity index (χ4v) is 3.92. The van der Waals surface area contributed by atoms with Gasteiger partial charge in [0.15, 0.2) is 0 Å². The minimum Gasteiger partial charge on any atom is -0.494 e. The van der Waals surface area contributed by atoms with Gasteiger partial charge >= 0.3 is 0 Å². The van der Waals surface area contributed by atoms with E-state index in [0.717, 1.165) is 44.9 Å². The molecule has 0 saturated carbocycles. The molecule has 0 unspecified atom stereocenters. The second kappa shape index (κ2) is 8.91. The summed E-state index contributed by atoms with van der Waals surface area (Å²) in [7, 11) is 1.66. The number of nitrogens with zero attached hydrogens (tertiary/aromatic N) is 1. The fraction of sp³-hybridized carbons (Fsp3) is 0.273. The number of pyridine rings is 1. The van der Waals surface area contributed by atoms with Crippen LogP contribution in [-0.2, 0) is 11.2 Å². The summed E-state index contributed by atoms with van der Waals surface area (Å²) in [6.07, 6.45) is 1.33. The van der Waals surface area contributed by atoms with E-state index in [0.29, 0.717) is 12.2 Å². The second-order valence-corrected chi connectivity index (χ2v) is 7.41. The molecular weight excluding hydrogens is 356 g/mol. The van der Waals surface area contributed by atoms with Crippen LogP contribution in [0.1, 0.15) is 24.5 Å². The van der Waals surface area contributed by atoms with Crippen LogP contribution in [-0.4, -0.2) is 23.8 Å². The van der Waals surface area contributed by atoms with Crippen molar-refractivity contribution >= 4 is 34.3 Å². The lowest BCUT2D eigenvalue weighted by Gasteiger charge is -2.10. The summed E-state index contributed by atoms with van der Waals surface area (Å²) < 4.78 is 5.43. The molecule has 1 aromatic heterocycles. The number of nitrogens with one attached hydrogen (secondary N) is 1. The van der Waals surface area contributed by atoms with E-state index in [1.807, 2.05) is 42.5 Å². The number of amides is 1. The van der Waals surface area contributed by atoms with Crippen LogP contribution >= 0.6 is 11.8 Å². The van der Waals surface area contributed by atoms with Gasteiger partial charge in [0, 0.05) is 23.2 Å². The molecule has 1 heterocycles.